The molecule has 3 aromatic rings. The molecule has 0 heterocycles. The van der Waals surface area contributed by atoms with E-state index >= 15 is 0 Å². The molecule has 0 aliphatic heterocycles. The number of rotatable bonds is 6. The second-order valence-electron chi connectivity index (χ2n) is 5.24. The average molecular weight is 276 g/mol. The molecule has 21 heavy (non-hydrogen) atoms. The Morgan fingerprint density at radius 3 is 2.24 bits per heavy atom. The van der Waals surface area contributed by atoms with Crippen LogP contribution in [0.4, 0.5) is 0 Å². The Kier molecular flexibility index (Phi) is 4.65. The predicted molar refractivity (Wildman–Crippen MR) is 88.6 cm³/mol. The molecule has 0 saturated heterocycles. The second kappa shape index (κ2) is 7.05. The Bertz CT molecular complexity index is 683. The minimum Gasteiger partial charge on any atom is -0.381 e. The summed E-state index contributed by atoms with van der Waals surface area (Å²) in [7, 11) is 0. The molecule has 0 bridgehead atoms. The molecule has 1 heteroatoms. The van der Waals surface area contributed by atoms with E-state index in [1.165, 1.54) is 21.9 Å². The first-order valence-electron chi connectivity index (χ1n) is 7.52. The highest BCUT2D eigenvalue weighted by atomic mass is 16.5. The molecule has 0 amide bonds. The van der Waals surface area contributed by atoms with Crippen molar-refractivity contribution in [2.75, 3.05) is 13.2 Å². The van der Waals surface area contributed by atoms with E-state index in [-0.39, 0.29) is 0 Å². The number of hydrogen-bond donors (Lipinski definition) is 0. The summed E-state index contributed by atoms with van der Waals surface area (Å²) in [5, 5.41) is 2.64. The third-order valence-corrected chi connectivity index (χ3v) is 3.77. The fraction of sp³-hybridized carbons (Fsp3) is 0.200. The molecule has 0 unspecified atom stereocenters. The molecule has 3 aromatic carbocycles. The van der Waals surface area contributed by atoms with Crippen molar-refractivity contribution >= 4 is 10.8 Å². The van der Waals surface area contributed by atoms with Crippen molar-refractivity contribution < 1.29 is 4.74 Å². The van der Waals surface area contributed by atoms with Crippen molar-refractivity contribution in [3.8, 4) is 0 Å². The van der Waals surface area contributed by atoms with Crippen molar-refractivity contribution in [3.63, 3.8) is 0 Å². The van der Waals surface area contributed by atoms with Gasteiger partial charge in [-0.15, -0.1) is 0 Å². The van der Waals surface area contributed by atoms with Crippen LogP contribution in [0, 0.1) is 0 Å². The molecule has 106 valence electrons. The van der Waals surface area contributed by atoms with Gasteiger partial charge in [0.05, 0.1) is 13.2 Å². The lowest BCUT2D eigenvalue weighted by atomic mass is 10.0. The first-order valence-corrected chi connectivity index (χ1v) is 7.52. The first kappa shape index (κ1) is 13.8. The zero-order valence-corrected chi connectivity index (χ0v) is 12.2. The minimum absolute atomic E-state index is 0.779. The molecule has 0 aliphatic carbocycles. The first-order chi connectivity index (χ1) is 10.4. The fourth-order valence-electron chi connectivity index (χ4n) is 2.63. The summed E-state index contributed by atoms with van der Waals surface area (Å²) in [6, 6.07) is 25.5. The van der Waals surface area contributed by atoms with Gasteiger partial charge < -0.3 is 4.74 Å². The van der Waals surface area contributed by atoms with Crippen LogP contribution in [0.2, 0.25) is 0 Å². The van der Waals surface area contributed by atoms with Gasteiger partial charge in [0.1, 0.15) is 0 Å². The normalized spacial score (nSPS) is 10.9. The van der Waals surface area contributed by atoms with Gasteiger partial charge in [-0.1, -0.05) is 72.8 Å². The minimum atomic E-state index is 0.779. The monoisotopic (exact) mass is 276 g/mol. The summed E-state index contributed by atoms with van der Waals surface area (Å²) < 4.78 is 5.79. The predicted octanol–water partition coefficient (Wildman–Crippen LogP) is 4.64. The van der Waals surface area contributed by atoms with Crippen molar-refractivity contribution in [2.24, 2.45) is 0 Å². The molecule has 0 radical (unpaired) electrons. The summed E-state index contributed by atoms with van der Waals surface area (Å²) in [6.07, 6.45) is 1.95. The Morgan fingerprint density at radius 1 is 0.619 bits per heavy atom. The van der Waals surface area contributed by atoms with E-state index < -0.39 is 0 Å². The summed E-state index contributed by atoms with van der Waals surface area (Å²) in [6.45, 7) is 1.57. The maximum atomic E-state index is 5.79. The van der Waals surface area contributed by atoms with Gasteiger partial charge in [0.2, 0.25) is 0 Å². The van der Waals surface area contributed by atoms with E-state index in [1.54, 1.807) is 0 Å². The lowest BCUT2D eigenvalue weighted by molar-refractivity contribution is 0.140. The molecular formula is C20H20O. The topological polar surface area (TPSA) is 9.23 Å². The van der Waals surface area contributed by atoms with Crippen LogP contribution in [0.5, 0.6) is 0 Å². The highest BCUT2D eigenvalue weighted by Gasteiger charge is 2.00. The molecule has 3 rings (SSSR count). The zero-order chi connectivity index (χ0) is 14.3. The maximum absolute atomic E-state index is 5.79. The third kappa shape index (κ3) is 3.71. The summed E-state index contributed by atoms with van der Waals surface area (Å²) in [5.74, 6) is 0. The van der Waals surface area contributed by atoms with Crippen molar-refractivity contribution in [2.45, 2.75) is 12.8 Å². The smallest absolute Gasteiger partial charge is 0.0506 e. The average Bonchev–Trinajstić information content (AvgIpc) is 2.56. The van der Waals surface area contributed by atoms with Gasteiger partial charge in [0.15, 0.2) is 0 Å². The van der Waals surface area contributed by atoms with Crippen LogP contribution in [0.1, 0.15) is 11.1 Å². The number of hydrogen-bond acceptors (Lipinski definition) is 1. The van der Waals surface area contributed by atoms with Gasteiger partial charge in [0, 0.05) is 0 Å². The maximum Gasteiger partial charge on any atom is 0.0506 e. The standard InChI is InChI=1S/C20H20O/c1-2-7-17(8-3-1)13-15-21-16-14-19-11-6-10-18-9-4-5-12-20(18)19/h1-12H,13-16H2. The van der Waals surface area contributed by atoms with Gasteiger partial charge in [-0.3, -0.25) is 0 Å². The van der Waals surface area contributed by atoms with Crippen LogP contribution in [-0.2, 0) is 17.6 Å². The van der Waals surface area contributed by atoms with E-state index in [0.717, 1.165) is 26.1 Å². The number of ether oxygens (including phenoxy) is 1. The van der Waals surface area contributed by atoms with E-state index in [9.17, 15) is 0 Å². The Labute approximate surface area is 126 Å². The highest BCUT2D eigenvalue weighted by Crippen LogP contribution is 2.18. The van der Waals surface area contributed by atoms with E-state index in [4.69, 9.17) is 4.74 Å². The highest BCUT2D eigenvalue weighted by molar-refractivity contribution is 5.85. The number of benzene rings is 3. The molecule has 0 atom stereocenters. The van der Waals surface area contributed by atoms with Crippen molar-refractivity contribution in [1.82, 2.24) is 0 Å². The Balaban J connectivity index is 1.51. The van der Waals surface area contributed by atoms with Crippen LogP contribution < -0.4 is 0 Å². The summed E-state index contributed by atoms with van der Waals surface area (Å²) in [4.78, 5) is 0. The van der Waals surface area contributed by atoms with Crippen LogP contribution in [-0.4, -0.2) is 13.2 Å². The summed E-state index contributed by atoms with van der Waals surface area (Å²) in [5.41, 5.74) is 2.70. The quantitative estimate of drug-likeness (QED) is 0.596. The van der Waals surface area contributed by atoms with Gasteiger partial charge in [0.25, 0.3) is 0 Å². The van der Waals surface area contributed by atoms with Crippen molar-refractivity contribution in [1.29, 1.82) is 0 Å². The van der Waals surface area contributed by atoms with E-state index in [2.05, 4.69) is 66.7 Å². The molecule has 0 aliphatic rings. The molecule has 0 spiro atoms. The molecule has 0 aromatic heterocycles. The van der Waals surface area contributed by atoms with Crippen LogP contribution in [0.25, 0.3) is 10.8 Å². The largest absolute Gasteiger partial charge is 0.381 e. The molecule has 0 N–H and O–H groups in total. The van der Waals surface area contributed by atoms with Gasteiger partial charge in [-0.2, -0.15) is 0 Å². The SMILES string of the molecule is c1ccc(CCOCCc2cccc3ccccc23)cc1. The summed E-state index contributed by atoms with van der Waals surface area (Å²) >= 11 is 0. The Hall–Kier alpha value is -2.12. The zero-order valence-electron chi connectivity index (χ0n) is 12.2. The van der Waals surface area contributed by atoms with Gasteiger partial charge >= 0.3 is 0 Å². The molecular weight excluding hydrogens is 256 g/mol. The van der Waals surface area contributed by atoms with Crippen LogP contribution in [0.15, 0.2) is 72.8 Å². The second-order valence-corrected chi connectivity index (χ2v) is 5.24. The van der Waals surface area contributed by atoms with Crippen molar-refractivity contribution in [3.05, 3.63) is 83.9 Å². The van der Waals surface area contributed by atoms with Gasteiger partial charge in [-0.25, -0.2) is 0 Å². The van der Waals surface area contributed by atoms with Crippen LogP contribution in [0.3, 0.4) is 0 Å². The molecule has 1 nitrogen and oxygen atoms in total. The van der Waals surface area contributed by atoms with E-state index in [0.29, 0.717) is 0 Å². The van der Waals surface area contributed by atoms with Gasteiger partial charge in [-0.05, 0) is 34.7 Å². The van der Waals surface area contributed by atoms with Crippen LogP contribution >= 0.6 is 0 Å². The number of fused-ring (bicyclic) bond motifs is 1. The third-order valence-electron chi connectivity index (χ3n) is 3.77. The molecule has 0 fully saturated rings. The van der Waals surface area contributed by atoms with E-state index in [1.807, 2.05) is 6.07 Å². The fourth-order valence-corrected chi connectivity index (χ4v) is 2.63. The lowest BCUT2D eigenvalue weighted by Gasteiger charge is -2.07. The molecule has 0 saturated carbocycles. The Morgan fingerprint density at radius 2 is 1.33 bits per heavy atom. The lowest BCUT2D eigenvalue weighted by Crippen LogP contribution is -2.03.